The maximum atomic E-state index is 14.3. The zero-order chi connectivity index (χ0) is 26.7. The Kier molecular flexibility index (Phi) is 6.09. The zero-order valence-corrected chi connectivity index (χ0v) is 23.2. The summed E-state index contributed by atoms with van der Waals surface area (Å²) in [5, 5.41) is 0. The van der Waals surface area contributed by atoms with Crippen molar-refractivity contribution in [2.45, 2.75) is 70.9 Å². The number of ether oxygens (including phenoxy) is 2. The quantitative estimate of drug-likeness (QED) is 0.465. The third-order valence-electron chi connectivity index (χ3n) is 9.93. The second kappa shape index (κ2) is 9.11. The second-order valence-corrected chi connectivity index (χ2v) is 13.8. The van der Waals surface area contributed by atoms with Crippen molar-refractivity contribution in [3.8, 4) is 11.5 Å². The molecule has 2 heterocycles. The summed E-state index contributed by atoms with van der Waals surface area (Å²) in [6.45, 7) is 4.38. The molecule has 2 bridgehead atoms. The summed E-state index contributed by atoms with van der Waals surface area (Å²) in [4.78, 5) is 18.4. The number of carbonyl (C=O) groups is 1. The van der Waals surface area contributed by atoms with Gasteiger partial charge in [0.05, 0.1) is 25.0 Å². The van der Waals surface area contributed by atoms with E-state index in [1.807, 2.05) is 18.2 Å². The van der Waals surface area contributed by atoms with Gasteiger partial charge in [0.2, 0.25) is 10.0 Å². The van der Waals surface area contributed by atoms with Crippen molar-refractivity contribution in [2.75, 3.05) is 12.9 Å². The van der Waals surface area contributed by atoms with Crippen LogP contribution in [0, 0.1) is 16.7 Å². The minimum absolute atomic E-state index is 0.0471. The van der Waals surface area contributed by atoms with Crippen LogP contribution in [0.15, 0.2) is 42.7 Å². The molecule has 3 saturated carbocycles. The molecule has 7 nitrogen and oxygen atoms in total. The first kappa shape index (κ1) is 25.4. The van der Waals surface area contributed by atoms with Crippen LogP contribution in [0.1, 0.15) is 69.9 Å². The van der Waals surface area contributed by atoms with E-state index in [0.29, 0.717) is 28.6 Å². The van der Waals surface area contributed by atoms with Crippen LogP contribution in [0.5, 0.6) is 11.5 Å². The number of methoxy groups -OCH3 is 1. The predicted molar refractivity (Wildman–Crippen MR) is 146 cm³/mol. The van der Waals surface area contributed by atoms with Gasteiger partial charge in [-0.05, 0) is 97.7 Å². The van der Waals surface area contributed by atoms with Gasteiger partial charge in [-0.2, -0.15) is 0 Å². The number of hydrogen-bond donors (Lipinski definition) is 0. The lowest BCUT2D eigenvalue weighted by Gasteiger charge is -2.37. The highest BCUT2D eigenvalue weighted by atomic mass is 32.2. The molecule has 38 heavy (non-hydrogen) atoms. The summed E-state index contributed by atoms with van der Waals surface area (Å²) in [7, 11) is -2.14. The van der Waals surface area contributed by atoms with Crippen LogP contribution in [0.4, 0.5) is 0 Å². The molecule has 3 atom stereocenters. The highest BCUT2D eigenvalue weighted by Crippen LogP contribution is 2.70. The lowest BCUT2D eigenvalue weighted by molar-refractivity contribution is -0.123. The zero-order valence-electron chi connectivity index (χ0n) is 22.4. The van der Waals surface area contributed by atoms with Gasteiger partial charge in [0.25, 0.3) is 5.91 Å². The number of hydrogen-bond acceptors (Lipinski definition) is 6. The van der Waals surface area contributed by atoms with E-state index < -0.39 is 15.9 Å². The van der Waals surface area contributed by atoms with Gasteiger partial charge in [0.15, 0.2) is 11.5 Å². The number of nitrogens with zero attached hydrogens (tertiary/aromatic N) is 2. The van der Waals surface area contributed by atoms with Crippen molar-refractivity contribution >= 4 is 27.6 Å². The maximum absolute atomic E-state index is 14.3. The molecule has 6 rings (SSSR count). The van der Waals surface area contributed by atoms with E-state index in [4.69, 9.17) is 9.47 Å². The Morgan fingerprint density at radius 2 is 1.82 bits per heavy atom. The number of benzene rings is 1. The molecule has 2 aromatic rings. The minimum atomic E-state index is -3.76. The van der Waals surface area contributed by atoms with Crippen molar-refractivity contribution in [1.82, 2.24) is 9.29 Å². The van der Waals surface area contributed by atoms with Crippen LogP contribution >= 0.6 is 0 Å². The van der Waals surface area contributed by atoms with Gasteiger partial charge < -0.3 is 9.47 Å². The van der Waals surface area contributed by atoms with E-state index in [1.165, 1.54) is 4.31 Å². The first-order chi connectivity index (χ1) is 18.2. The molecule has 1 aromatic carbocycles. The van der Waals surface area contributed by atoms with Crippen LogP contribution < -0.4 is 9.47 Å². The summed E-state index contributed by atoms with van der Waals surface area (Å²) >= 11 is 0. The van der Waals surface area contributed by atoms with Crippen LogP contribution in [0.25, 0.3) is 11.6 Å². The number of pyridine rings is 1. The van der Waals surface area contributed by atoms with E-state index in [9.17, 15) is 13.2 Å². The second-order valence-electron chi connectivity index (χ2n) is 12.0. The molecule has 4 fully saturated rings. The highest BCUT2D eigenvalue weighted by Gasteiger charge is 2.72. The summed E-state index contributed by atoms with van der Waals surface area (Å²) in [6, 6.07) is 8.81. The maximum Gasteiger partial charge on any atom is 0.268 e. The minimum Gasteiger partial charge on any atom is -0.493 e. The van der Waals surface area contributed by atoms with Gasteiger partial charge >= 0.3 is 0 Å². The van der Waals surface area contributed by atoms with E-state index in [2.05, 4.69) is 18.8 Å². The molecule has 8 heteroatoms. The summed E-state index contributed by atoms with van der Waals surface area (Å²) in [6.07, 6.45) is 12.1. The third kappa shape index (κ3) is 3.86. The Hall–Kier alpha value is -2.87. The van der Waals surface area contributed by atoms with Crippen LogP contribution in [-0.2, 0) is 14.8 Å². The van der Waals surface area contributed by atoms with E-state index in [1.54, 1.807) is 37.7 Å². The number of sulfonamides is 1. The van der Waals surface area contributed by atoms with Crippen LogP contribution in [-0.4, -0.2) is 48.6 Å². The molecular formula is C30H36N2O5S. The molecule has 4 aliphatic rings. The number of aromatic nitrogens is 1. The predicted octanol–water partition coefficient (Wildman–Crippen LogP) is 5.32. The van der Waals surface area contributed by atoms with Gasteiger partial charge in [-0.15, -0.1) is 0 Å². The van der Waals surface area contributed by atoms with Crippen molar-refractivity contribution in [1.29, 1.82) is 0 Å². The molecule has 1 saturated heterocycles. The molecule has 3 aliphatic carbocycles. The highest BCUT2D eigenvalue weighted by molar-refractivity contribution is 7.90. The molecule has 0 radical (unpaired) electrons. The van der Waals surface area contributed by atoms with Gasteiger partial charge in [-0.1, -0.05) is 19.9 Å². The summed E-state index contributed by atoms with van der Waals surface area (Å²) in [5.41, 5.74) is 1.24. The SMILES string of the molecule is COc1ccc(/C=C(\C(=O)N2C3CC4CC[C@]3(CS2(=O)=O)C4(C)C)c2ccncc2)cc1OC1CCCC1. The molecule has 0 N–H and O–H groups in total. The third-order valence-corrected chi connectivity index (χ3v) is 11.8. The first-order valence-electron chi connectivity index (χ1n) is 13.7. The fourth-order valence-corrected chi connectivity index (χ4v) is 10.2. The number of fused-ring (bicyclic) bond motifs is 1. The lowest BCUT2D eigenvalue weighted by Crippen LogP contribution is -2.44. The van der Waals surface area contributed by atoms with Crippen molar-refractivity contribution in [3.05, 3.63) is 53.9 Å². The van der Waals surface area contributed by atoms with Gasteiger partial charge in [-0.25, -0.2) is 12.7 Å². The Morgan fingerprint density at radius 1 is 1.08 bits per heavy atom. The number of carbonyl (C=O) groups excluding carboxylic acids is 1. The van der Waals surface area contributed by atoms with Gasteiger partial charge in [0.1, 0.15) is 0 Å². The average Bonchev–Trinajstić information content (AvgIpc) is 3.60. The summed E-state index contributed by atoms with van der Waals surface area (Å²) < 4.78 is 40.3. The fourth-order valence-electron chi connectivity index (χ4n) is 7.70. The van der Waals surface area contributed by atoms with E-state index >= 15 is 0 Å². The lowest BCUT2D eigenvalue weighted by atomic mass is 9.69. The fraction of sp³-hybridized carbons (Fsp3) is 0.533. The topological polar surface area (TPSA) is 85.8 Å². The normalized spacial score (nSPS) is 29.4. The molecule has 2 unspecified atom stereocenters. The molecule has 1 amide bonds. The number of rotatable bonds is 6. The van der Waals surface area contributed by atoms with Crippen LogP contribution in [0.2, 0.25) is 0 Å². The average molecular weight is 537 g/mol. The smallest absolute Gasteiger partial charge is 0.268 e. The van der Waals surface area contributed by atoms with Crippen molar-refractivity contribution < 1.29 is 22.7 Å². The van der Waals surface area contributed by atoms with E-state index in [-0.39, 0.29) is 28.7 Å². The number of amides is 1. The monoisotopic (exact) mass is 536 g/mol. The standard InChI is InChI=1S/C30H36N2O5S/c1-29(2)22-10-13-30(29)19-38(34,35)32(27(30)18-22)28(33)24(21-11-14-31-15-12-21)16-20-8-9-25(36-3)26(17-20)37-23-6-4-5-7-23/h8-9,11-12,14-17,22-23,27H,4-7,10,13,18-19H2,1-3H3/b24-16-/t22?,27?,30-/m1/s1. The van der Waals surface area contributed by atoms with Crippen LogP contribution in [0.3, 0.4) is 0 Å². The largest absolute Gasteiger partial charge is 0.493 e. The van der Waals surface area contributed by atoms with Gasteiger partial charge in [0, 0.05) is 23.4 Å². The van der Waals surface area contributed by atoms with Crippen molar-refractivity contribution in [3.63, 3.8) is 0 Å². The molecule has 1 aromatic heterocycles. The Balaban J connectivity index is 1.41. The molecular weight excluding hydrogens is 500 g/mol. The first-order valence-corrected chi connectivity index (χ1v) is 15.3. The molecule has 202 valence electrons. The summed E-state index contributed by atoms with van der Waals surface area (Å²) in [5.74, 6) is 1.29. The Morgan fingerprint density at radius 3 is 2.50 bits per heavy atom. The molecule has 1 aliphatic heterocycles. The van der Waals surface area contributed by atoms with E-state index in [0.717, 1.165) is 50.5 Å². The van der Waals surface area contributed by atoms with Crippen molar-refractivity contribution in [2.24, 2.45) is 16.7 Å². The Bertz CT molecular complexity index is 1380. The van der Waals surface area contributed by atoms with Gasteiger partial charge in [-0.3, -0.25) is 9.78 Å². The molecule has 1 spiro atoms. The Labute approximate surface area is 225 Å².